The Bertz CT molecular complexity index is 523. The lowest BCUT2D eigenvalue weighted by Crippen LogP contribution is -2.54. The van der Waals surface area contributed by atoms with Gasteiger partial charge >= 0.3 is 0 Å². The van der Waals surface area contributed by atoms with Crippen LogP contribution in [0, 0.1) is 0 Å². The average molecular weight is 308 g/mol. The van der Waals surface area contributed by atoms with Gasteiger partial charge in [0.2, 0.25) is 5.91 Å². The number of hydrogen-bond acceptors (Lipinski definition) is 5. The van der Waals surface area contributed by atoms with Gasteiger partial charge in [0.05, 0.1) is 25.1 Å². The number of carbonyl (C=O) groups excluding carboxylic acids is 1. The minimum atomic E-state index is -0.386. The number of amides is 1. The van der Waals surface area contributed by atoms with Crippen molar-refractivity contribution in [3.63, 3.8) is 0 Å². The fraction of sp³-hybridized carbons (Fsp3) is 0.500. The molecule has 6 nitrogen and oxygen atoms in total. The second-order valence-electron chi connectivity index (χ2n) is 4.83. The quantitative estimate of drug-likeness (QED) is 0.769. The molecule has 7 heteroatoms. The lowest BCUT2D eigenvalue weighted by atomic mass is 10.1. The van der Waals surface area contributed by atoms with Gasteiger partial charge in [-0.3, -0.25) is 9.78 Å². The first-order chi connectivity index (χ1) is 10.1. The lowest BCUT2D eigenvalue weighted by molar-refractivity contribution is -0.124. The zero-order valence-corrected chi connectivity index (χ0v) is 12.9. The van der Waals surface area contributed by atoms with Crippen LogP contribution in [0.3, 0.4) is 0 Å². The van der Waals surface area contributed by atoms with Crippen molar-refractivity contribution in [1.29, 1.82) is 0 Å². The van der Waals surface area contributed by atoms with Crippen LogP contribution in [0.1, 0.15) is 18.9 Å². The summed E-state index contributed by atoms with van der Waals surface area (Å²) in [6.45, 7) is 4.18. The molecule has 2 heterocycles. The average Bonchev–Trinajstić information content (AvgIpc) is 2.52. The van der Waals surface area contributed by atoms with E-state index >= 15 is 0 Å². The fourth-order valence-electron chi connectivity index (χ4n) is 2.30. The molecule has 0 aromatic carbocycles. The number of anilines is 1. The minimum absolute atomic E-state index is 0.0470. The standard InChI is InChI=1S/C14H20N4O2S/c1-2-4-17-14(19)12-9-20-7-6-18(12)11-8-16-5-3-10(11)13(15)21/h3,5,8,12H,2,4,6-7,9H2,1H3,(H2,15,21)(H,17,19). The normalized spacial score (nSPS) is 18.3. The fourth-order valence-corrected chi connectivity index (χ4v) is 2.47. The van der Waals surface area contributed by atoms with Crippen LogP contribution in [0.2, 0.25) is 0 Å². The smallest absolute Gasteiger partial charge is 0.245 e. The van der Waals surface area contributed by atoms with Crippen molar-refractivity contribution in [2.24, 2.45) is 5.73 Å². The number of nitrogens with two attached hydrogens (primary N) is 1. The summed E-state index contributed by atoms with van der Waals surface area (Å²) in [7, 11) is 0. The molecule has 1 atom stereocenters. The Labute approximate surface area is 129 Å². The van der Waals surface area contributed by atoms with Crippen molar-refractivity contribution in [3.8, 4) is 0 Å². The van der Waals surface area contributed by atoms with E-state index in [2.05, 4.69) is 10.3 Å². The van der Waals surface area contributed by atoms with Gasteiger partial charge in [-0.1, -0.05) is 19.1 Å². The topological polar surface area (TPSA) is 80.5 Å². The molecule has 0 bridgehead atoms. The predicted molar refractivity (Wildman–Crippen MR) is 85.4 cm³/mol. The van der Waals surface area contributed by atoms with Crippen molar-refractivity contribution in [1.82, 2.24) is 10.3 Å². The number of carbonyl (C=O) groups is 1. The maximum absolute atomic E-state index is 12.3. The van der Waals surface area contributed by atoms with Crippen molar-refractivity contribution >= 4 is 28.8 Å². The Hall–Kier alpha value is -1.73. The van der Waals surface area contributed by atoms with Crippen LogP contribution in [0.15, 0.2) is 18.5 Å². The van der Waals surface area contributed by atoms with Gasteiger partial charge in [-0.2, -0.15) is 0 Å². The third-order valence-electron chi connectivity index (χ3n) is 3.36. The highest BCUT2D eigenvalue weighted by Gasteiger charge is 2.31. The van der Waals surface area contributed by atoms with E-state index in [1.165, 1.54) is 0 Å². The van der Waals surface area contributed by atoms with Crippen molar-refractivity contribution in [2.45, 2.75) is 19.4 Å². The Morgan fingerprint density at radius 3 is 3.19 bits per heavy atom. The monoisotopic (exact) mass is 308 g/mol. The van der Waals surface area contributed by atoms with Crippen molar-refractivity contribution in [2.75, 3.05) is 31.2 Å². The summed E-state index contributed by atoms with van der Waals surface area (Å²) < 4.78 is 5.45. The zero-order chi connectivity index (χ0) is 15.2. The number of thiocarbonyl (C=S) groups is 1. The lowest BCUT2D eigenvalue weighted by Gasteiger charge is -2.37. The molecular formula is C14H20N4O2S. The SMILES string of the molecule is CCCNC(=O)C1COCCN1c1cnccc1C(N)=S. The summed E-state index contributed by atoms with van der Waals surface area (Å²) in [5.74, 6) is -0.0470. The molecule has 0 saturated carbocycles. The van der Waals surface area contributed by atoms with Crippen LogP contribution < -0.4 is 16.0 Å². The van der Waals surface area contributed by atoms with E-state index < -0.39 is 0 Å². The molecule has 1 aromatic rings. The molecule has 1 unspecified atom stereocenters. The van der Waals surface area contributed by atoms with Gasteiger partial charge in [-0.15, -0.1) is 0 Å². The maximum atomic E-state index is 12.3. The number of nitrogens with zero attached hydrogens (tertiary/aromatic N) is 2. The van der Waals surface area contributed by atoms with Gasteiger partial charge in [0.1, 0.15) is 11.0 Å². The molecule has 1 fully saturated rings. The molecule has 1 amide bonds. The molecular weight excluding hydrogens is 288 g/mol. The summed E-state index contributed by atoms with van der Waals surface area (Å²) in [5.41, 5.74) is 7.28. The van der Waals surface area contributed by atoms with Gasteiger partial charge in [-0.05, 0) is 12.5 Å². The van der Waals surface area contributed by atoms with E-state index in [0.717, 1.165) is 17.7 Å². The second kappa shape index (κ2) is 7.33. The van der Waals surface area contributed by atoms with Gasteiger partial charge < -0.3 is 20.7 Å². The zero-order valence-electron chi connectivity index (χ0n) is 12.0. The van der Waals surface area contributed by atoms with Crippen molar-refractivity contribution < 1.29 is 9.53 Å². The Morgan fingerprint density at radius 2 is 2.48 bits per heavy atom. The first-order valence-electron chi connectivity index (χ1n) is 7.01. The number of hydrogen-bond donors (Lipinski definition) is 2. The van der Waals surface area contributed by atoms with E-state index in [1.54, 1.807) is 18.5 Å². The van der Waals surface area contributed by atoms with Gasteiger partial charge in [0.25, 0.3) is 0 Å². The van der Waals surface area contributed by atoms with E-state index in [-0.39, 0.29) is 11.9 Å². The highest BCUT2D eigenvalue weighted by molar-refractivity contribution is 7.80. The summed E-state index contributed by atoms with van der Waals surface area (Å²) in [6.07, 6.45) is 4.23. The molecule has 1 aliphatic heterocycles. The molecule has 21 heavy (non-hydrogen) atoms. The molecule has 0 aliphatic carbocycles. The predicted octanol–water partition coefficient (Wildman–Crippen LogP) is 0.447. The van der Waals surface area contributed by atoms with E-state index in [4.69, 9.17) is 22.7 Å². The third kappa shape index (κ3) is 3.68. The van der Waals surface area contributed by atoms with Gasteiger partial charge in [0, 0.05) is 24.8 Å². The number of nitrogens with one attached hydrogen (secondary N) is 1. The van der Waals surface area contributed by atoms with Crippen LogP contribution in [0.25, 0.3) is 0 Å². The van der Waals surface area contributed by atoms with E-state index in [9.17, 15) is 4.79 Å². The summed E-state index contributed by atoms with van der Waals surface area (Å²) in [5, 5.41) is 2.91. The second-order valence-corrected chi connectivity index (χ2v) is 5.27. The third-order valence-corrected chi connectivity index (χ3v) is 3.58. The summed E-state index contributed by atoms with van der Waals surface area (Å²) in [4.78, 5) is 18.7. The summed E-state index contributed by atoms with van der Waals surface area (Å²) in [6, 6.07) is 1.39. The molecule has 3 N–H and O–H groups in total. The van der Waals surface area contributed by atoms with E-state index in [1.807, 2.05) is 11.8 Å². The minimum Gasteiger partial charge on any atom is -0.389 e. The first-order valence-corrected chi connectivity index (χ1v) is 7.42. The number of aromatic nitrogens is 1. The molecule has 114 valence electrons. The molecule has 1 aliphatic rings. The van der Waals surface area contributed by atoms with Crippen molar-refractivity contribution in [3.05, 3.63) is 24.0 Å². The highest BCUT2D eigenvalue weighted by Crippen LogP contribution is 2.23. The maximum Gasteiger partial charge on any atom is 0.245 e. The van der Waals surface area contributed by atoms with Gasteiger partial charge in [0.15, 0.2) is 0 Å². The molecule has 1 aromatic heterocycles. The number of morpholine rings is 1. The number of ether oxygens (including phenoxy) is 1. The first kappa shape index (κ1) is 15.7. The van der Waals surface area contributed by atoms with Gasteiger partial charge in [-0.25, -0.2) is 0 Å². The number of rotatable bonds is 5. The van der Waals surface area contributed by atoms with Crippen LogP contribution >= 0.6 is 12.2 Å². The Kier molecular flexibility index (Phi) is 5.46. The van der Waals surface area contributed by atoms with Crippen LogP contribution in [0.4, 0.5) is 5.69 Å². The molecule has 2 rings (SSSR count). The number of pyridine rings is 1. The van der Waals surface area contributed by atoms with E-state index in [0.29, 0.717) is 31.3 Å². The Morgan fingerprint density at radius 1 is 1.67 bits per heavy atom. The van der Waals surface area contributed by atoms with Crippen LogP contribution in [-0.2, 0) is 9.53 Å². The largest absolute Gasteiger partial charge is 0.389 e. The molecule has 0 radical (unpaired) electrons. The molecule has 0 spiro atoms. The summed E-state index contributed by atoms with van der Waals surface area (Å²) >= 11 is 5.08. The Balaban J connectivity index is 2.26. The molecule has 1 saturated heterocycles. The van der Waals surface area contributed by atoms with Crippen LogP contribution in [-0.4, -0.2) is 48.2 Å². The van der Waals surface area contributed by atoms with Crippen LogP contribution in [0.5, 0.6) is 0 Å². The highest BCUT2D eigenvalue weighted by atomic mass is 32.1.